The Morgan fingerprint density at radius 3 is 2.80 bits per heavy atom. The molecule has 3 rings (SSSR count). The summed E-state index contributed by atoms with van der Waals surface area (Å²) in [5.41, 5.74) is 9.74. The number of hydrogen-bond donors (Lipinski definition) is 1. The molecule has 3 nitrogen and oxygen atoms in total. The van der Waals surface area contributed by atoms with Crippen LogP contribution in [0.15, 0.2) is 41.0 Å². The molecule has 1 aliphatic carbocycles. The highest BCUT2D eigenvalue weighted by atomic mass is 16.3. The van der Waals surface area contributed by atoms with Crippen LogP contribution in [0.4, 0.5) is 5.69 Å². The van der Waals surface area contributed by atoms with Crippen molar-refractivity contribution in [3.63, 3.8) is 0 Å². The summed E-state index contributed by atoms with van der Waals surface area (Å²) < 4.78 is 5.52. The van der Waals surface area contributed by atoms with Gasteiger partial charge in [-0.05, 0) is 56.5 Å². The summed E-state index contributed by atoms with van der Waals surface area (Å²) in [6.07, 6.45) is 5.22. The number of hydrogen-bond acceptors (Lipinski definition) is 3. The number of aryl methyl sites for hydroxylation is 1. The zero-order valence-electron chi connectivity index (χ0n) is 12.0. The average molecular weight is 270 g/mol. The van der Waals surface area contributed by atoms with Crippen LogP contribution in [-0.4, -0.2) is 12.6 Å². The molecule has 106 valence electrons. The molecule has 1 aliphatic rings. The van der Waals surface area contributed by atoms with E-state index in [2.05, 4.69) is 30.0 Å². The quantitative estimate of drug-likeness (QED) is 0.876. The molecule has 0 atom stereocenters. The van der Waals surface area contributed by atoms with Crippen LogP contribution in [0.1, 0.15) is 29.7 Å². The van der Waals surface area contributed by atoms with E-state index in [-0.39, 0.29) is 0 Å². The highest BCUT2D eigenvalue weighted by Crippen LogP contribution is 2.35. The van der Waals surface area contributed by atoms with Gasteiger partial charge in [0.1, 0.15) is 5.76 Å². The van der Waals surface area contributed by atoms with Crippen LogP contribution >= 0.6 is 0 Å². The normalized spacial score (nSPS) is 14.5. The highest BCUT2D eigenvalue weighted by molar-refractivity contribution is 5.57. The fourth-order valence-corrected chi connectivity index (χ4v) is 2.72. The van der Waals surface area contributed by atoms with Crippen molar-refractivity contribution in [3.8, 4) is 0 Å². The van der Waals surface area contributed by atoms with Crippen molar-refractivity contribution >= 4 is 5.69 Å². The fraction of sp³-hybridized carbons (Fsp3) is 0.412. The van der Waals surface area contributed by atoms with Crippen molar-refractivity contribution in [2.75, 3.05) is 11.4 Å². The first kappa shape index (κ1) is 13.3. The number of rotatable bonds is 6. The maximum atomic E-state index is 5.77. The molecule has 1 fully saturated rings. The van der Waals surface area contributed by atoms with Crippen molar-refractivity contribution in [2.24, 2.45) is 5.73 Å². The minimum atomic E-state index is 0.652. The van der Waals surface area contributed by atoms with Crippen LogP contribution in [0.5, 0.6) is 0 Å². The van der Waals surface area contributed by atoms with Gasteiger partial charge in [0, 0.05) is 11.7 Å². The Morgan fingerprint density at radius 2 is 2.15 bits per heavy atom. The molecule has 1 heterocycles. The lowest BCUT2D eigenvalue weighted by atomic mass is 10.0. The summed E-state index contributed by atoms with van der Waals surface area (Å²) in [6, 6.07) is 11.3. The molecule has 3 heteroatoms. The van der Waals surface area contributed by atoms with Crippen LogP contribution in [0.2, 0.25) is 0 Å². The van der Waals surface area contributed by atoms with E-state index in [9.17, 15) is 0 Å². The van der Waals surface area contributed by atoms with E-state index in [0.29, 0.717) is 12.6 Å². The van der Waals surface area contributed by atoms with Gasteiger partial charge < -0.3 is 15.1 Å². The van der Waals surface area contributed by atoms with E-state index < -0.39 is 0 Å². The van der Waals surface area contributed by atoms with Gasteiger partial charge in [-0.1, -0.05) is 17.7 Å². The van der Waals surface area contributed by atoms with E-state index >= 15 is 0 Å². The summed E-state index contributed by atoms with van der Waals surface area (Å²) in [7, 11) is 0. The Hall–Kier alpha value is -1.74. The number of anilines is 1. The predicted octanol–water partition coefficient (Wildman–Crippen LogP) is 3.26. The molecule has 0 bridgehead atoms. The third-order valence-electron chi connectivity index (χ3n) is 3.85. The molecule has 0 aliphatic heterocycles. The molecule has 1 saturated carbocycles. The van der Waals surface area contributed by atoms with Gasteiger partial charge in [0.05, 0.1) is 12.8 Å². The highest BCUT2D eigenvalue weighted by Gasteiger charge is 2.30. The first-order chi connectivity index (χ1) is 9.78. The second-order valence-corrected chi connectivity index (χ2v) is 5.61. The van der Waals surface area contributed by atoms with Crippen molar-refractivity contribution in [1.29, 1.82) is 0 Å². The van der Waals surface area contributed by atoms with Crippen LogP contribution in [0.3, 0.4) is 0 Å². The van der Waals surface area contributed by atoms with Crippen molar-refractivity contribution in [2.45, 2.75) is 38.8 Å². The fourth-order valence-electron chi connectivity index (χ4n) is 2.72. The van der Waals surface area contributed by atoms with Crippen LogP contribution in [-0.2, 0) is 13.0 Å². The maximum Gasteiger partial charge on any atom is 0.123 e. The molecular formula is C17H22N2O. The third kappa shape index (κ3) is 2.88. The van der Waals surface area contributed by atoms with Crippen molar-refractivity contribution < 1.29 is 4.42 Å². The summed E-state index contributed by atoms with van der Waals surface area (Å²) in [5, 5.41) is 0. The smallest absolute Gasteiger partial charge is 0.123 e. The minimum absolute atomic E-state index is 0.652. The number of nitrogens with two attached hydrogens (primary N) is 1. The van der Waals surface area contributed by atoms with E-state index in [4.69, 9.17) is 10.2 Å². The van der Waals surface area contributed by atoms with Crippen LogP contribution in [0, 0.1) is 6.92 Å². The molecule has 0 unspecified atom stereocenters. The molecule has 0 spiro atoms. The predicted molar refractivity (Wildman–Crippen MR) is 81.9 cm³/mol. The number of benzene rings is 1. The van der Waals surface area contributed by atoms with Gasteiger partial charge in [-0.2, -0.15) is 0 Å². The van der Waals surface area contributed by atoms with Gasteiger partial charge in [0.15, 0.2) is 0 Å². The van der Waals surface area contributed by atoms with Gasteiger partial charge in [-0.25, -0.2) is 0 Å². The maximum absolute atomic E-state index is 5.77. The topological polar surface area (TPSA) is 42.4 Å². The number of nitrogens with zero attached hydrogens (tertiary/aromatic N) is 1. The van der Waals surface area contributed by atoms with Crippen LogP contribution < -0.4 is 10.6 Å². The Morgan fingerprint density at radius 1 is 1.30 bits per heavy atom. The summed E-state index contributed by atoms with van der Waals surface area (Å²) in [5.74, 6) is 1.02. The molecule has 0 amide bonds. The molecule has 20 heavy (non-hydrogen) atoms. The largest absolute Gasteiger partial charge is 0.467 e. The van der Waals surface area contributed by atoms with E-state index in [1.54, 1.807) is 6.26 Å². The molecular weight excluding hydrogens is 248 g/mol. The molecule has 2 aromatic rings. The monoisotopic (exact) mass is 270 g/mol. The Balaban J connectivity index is 1.90. The Bertz CT molecular complexity index is 558. The van der Waals surface area contributed by atoms with Gasteiger partial charge in [-0.3, -0.25) is 0 Å². The minimum Gasteiger partial charge on any atom is -0.467 e. The second kappa shape index (κ2) is 5.71. The van der Waals surface area contributed by atoms with Gasteiger partial charge >= 0.3 is 0 Å². The Labute approximate surface area is 120 Å². The molecule has 0 radical (unpaired) electrons. The molecule has 0 saturated heterocycles. The first-order valence-electron chi connectivity index (χ1n) is 7.36. The Kier molecular flexibility index (Phi) is 3.79. The SMILES string of the molecule is Cc1ccc(N(Cc2ccco2)C2CC2)c(CCN)c1. The van der Waals surface area contributed by atoms with E-state index in [1.165, 1.54) is 29.7 Å². The van der Waals surface area contributed by atoms with Gasteiger partial charge in [0.2, 0.25) is 0 Å². The van der Waals surface area contributed by atoms with Crippen molar-refractivity contribution in [1.82, 2.24) is 0 Å². The summed E-state index contributed by atoms with van der Waals surface area (Å²) >= 11 is 0. The second-order valence-electron chi connectivity index (χ2n) is 5.61. The summed E-state index contributed by atoms with van der Waals surface area (Å²) in [4.78, 5) is 2.48. The third-order valence-corrected chi connectivity index (χ3v) is 3.85. The zero-order valence-corrected chi connectivity index (χ0v) is 12.0. The van der Waals surface area contributed by atoms with Crippen molar-refractivity contribution in [3.05, 3.63) is 53.5 Å². The standard InChI is InChI=1S/C17H22N2O/c1-13-4-7-17(14(11-13)8-9-18)19(15-5-6-15)12-16-3-2-10-20-16/h2-4,7,10-11,15H,5-6,8-9,12,18H2,1H3. The first-order valence-corrected chi connectivity index (χ1v) is 7.36. The number of furan rings is 1. The van der Waals surface area contributed by atoms with Crippen LogP contribution in [0.25, 0.3) is 0 Å². The lowest BCUT2D eigenvalue weighted by molar-refractivity contribution is 0.501. The molecule has 2 N–H and O–H groups in total. The van der Waals surface area contributed by atoms with E-state index in [1.807, 2.05) is 12.1 Å². The van der Waals surface area contributed by atoms with E-state index in [0.717, 1.165) is 18.7 Å². The molecule has 1 aromatic carbocycles. The lowest BCUT2D eigenvalue weighted by Gasteiger charge is -2.26. The van der Waals surface area contributed by atoms with Gasteiger partial charge in [-0.15, -0.1) is 0 Å². The summed E-state index contributed by atoms with van der Waals surface area (Å²) in [6.45, 7) is 3.67. The van der Waals surface area contributed by atoms with Gasteiger partial charge in [0.25, 0.3) is 0 Å². The zero-order chi connectivity index (χ0) is 13.9. The average Bonchev–Trinajstić information content (AvgIpc) is 3.15. The molecule has 1 aromatic heterocycles. The lowest BCUT2D eigenvalue weighted by Crippen LogP contribution is -2.26.